The second-order valence-corrected chi connectivity index (χ2v) is 7.69. The number of carbonyl (C=O) groups is 2. The van der Waals surface area contributed by atoms with E-state index >= 15 is 0 Å². The highest BCUT2D eigenvalue weighted by atomic mass is 16.6. The maximum absolute atomic E-state index is 12.4. The molecule has 0 aromatic carbocycles. The second kappa shape index (κ2) is 8.13. The van der Waals surface area contributed by atoms with Crippen LogP contribution in [0.25, 0.3) is 0 Å². The van der Waals surface area contributed by atoms with E-state index in [-0.39, 0.29) is 12.0 Å². The highest BCUT2D eigenvalue weighted by molar-refractivity contribution is 5.81. The van der Waals surface area contributed by atoms with Crippen molar-refractivity contribution in [2.45, 2.75) is 58.5 Å². The van der Waals surface area contributed by atoms with E-state index in [1.165, 1.54) is 12.8 Å². The molecule has 2 saturated heterocycles. The van der Waals surface area contributed by atoms with E-state index < -0.39 is 5.60 Å². The molecule has 1 amide bonds. The first-order chi connectivity index (χ1) is 10.8. The normalized spacial score (nSPS) is 21.3. The molecule has 0 N–H and O–H groups in total. The summed E-state index contributed by atoms with van der Waals surface area (Å²) in [5.74, 6) is 0.474. The Morgan fingerprint density at radius 3 is 2.43 bits per heavy atom. The van der Waals surface area contributed by atoms with E-state index in [1.54, 1.807) is 4.90 Å². The third-order valence-corrected chi connectivity index (χ3v) is 4.55. The number of nitrogens with zero attached hydrogens (tertiary/aromatic N) is 2. The van der Waals surface area contributed by atoms with Crippen LogP contribution in [-0.4, -0.2) is 60.0 Å². The highest BCUT2D eigenvalue weighted by Gasteiger charge is 2.29. The molecule has 2 fully saturated rings. The van der Waals surface area contributed by atoms with Crippen LogP contribution in [0.2, 0.25) is 0 Å². The van der Waals surface area contributed by atoms with E-state index in [4.69, 9.17) is 4.74 Å². The van der Waals surface area contributed by atoms with Gasteiger partial charge in [-0.15, -0.1) is 0 Å². The predicted octanol–water partition coefficient (Wildman–Crippen LogP) is 2.89. The smallest absolute Gasteiger partial charge is 0.410 e. The molecule has 0 bridgehead atoms. The number of amides is 1. The van der Waals surface area contributed by atoms with Crippen LogP contribution < -0.4 is 0 Å². The largest absolute Gasteiger partial charge is 0.444 e. The number of likely N-dealkylation sites (tertiary alicyclic amines) is 2. The third kappa shape index (κ3) is 6.13. The van der Waals surface area contributed by atoms with Crippen LogP contribution in [0.4, 0.5) is 4.79 Å². The van der Waals surface area contributed by atoms with Gasteiger partial charge in [0.25, 0.3) is 0 Å². The monoisotopic (exact) mass is 323 g/mol. The molecule has 2 heterocycles. The molecule has 131 valence electrons. The standard InChI is InChI=1S/C18H31N2O3/c1-18(2,3)23-17(22)20-13-7-15(8-14-20)16(21)9-12-19-10-5-4-6-11-19/h5,15H,4,6-14H2,1-3H3. The molecule has 23 heavy (non-hydrogen) atoms. The van der Waals surface area contributed by atoms with Gasteiger partial charge >= 0.3 is 6.09 Å². The van der Waals surface area contributed by atoms with Crippen molar-refractivity contribution in [3.63, 3.8) is 0 Å². The fourth-order valence-corrected chi connectivity index (χ4v) is 3.21. The molecule has 2 rings (SSSR count). The molecular weight excluding hydrogens is 292 g/mol. The Morgan fingerprint density at radius 2 is 1.87 bits per heavy atom. The number of Topliss-reactive ketones (excluding diaryl/α,β-unsaturated/α-hetero) is 1. The van der Waals surface area contributed by atoms with Crippen molar-refractivity contribution >= 4 is 11.9 Å². The molecule has 2 aliphatic rings. The van der Waals surface area contributed by atoms with Crippen LogP contribution in [0.3, 0.4) is 0 Å². The van der Waals surface area contributed by atoms with Crippen molar-refractivity contribution in [1.82, 2.24) is 9.80 Å². The molecule has 2 aliphatic heterocycles. The zero-order valence-electron chi connectivity index (χ0n) is 14.8. The summed E-state index contributed by atoms with van der Waals surface area (Å²) in [6.07, 6.45) is 6.63. The number of hydrogen-bond acceptors (Lipinski definition) is 4. The van der Waals surface area contributed by atoms with E-state index in [0.29, 0.717) is 25.3 Å². The summed E-state index contributed by atoms with van der Waals surface area (Å²) in [4.78, 5) is 28.5. The maximum Gasteiger partial charge on any atom is 0.410 e. The SMILES string of the molecule is CC(C)(C)OC(=O)N1CCC(C(=O)CCN2C[CH]CCC2)CC1. The van der Waals surface area contributed by atoms with E-state index in [0.717, 1.165) is 32.5 Å². The van der Waals surface area contributed by atoms with Crippen LogP contribution in [0.1, 0.15) is 52.9 Å². The lowest BCUT2D eigenvalue weighted by molar-refractivity contribution is -0.124. The first-order valence-corrected chi connectivity index (χ1v) is 8.90. The molecular formula is C18H31N2O3. The Bertz CT molecular complexity index is 403. The van der Waals surface area contributed by atoms with Crippen LogP contribution in [0, 0.1) is 12.3 Å². The average Bonchev–Trinajstić information content (AvgIpc) is 2.52. The van der Waals surface area contributed by atoms with Gasteiger partial charge in [0.05, 0.1) is 0 Å². The molecule has 0 saturated carbocycles. The van der Waals surface area contributed by atoms with Crippen LogP contribution >= 0.6 is 0 Å². The minimum atomic E-state index is -0.463. The Hall–Kier alpha value is -1.10. The summed E-state index contributed by atoms with van der Waals surface area (Å²) in [5.41, 5.74) is -0.463. The van der Waals surface area contributed by atoms with Gasteiger partial charge in [-0.2, -0.15) is 0 Å². The molecule has 0 atom stereocenters. The van der Waals surface area contributed by atoms with Crippen LogP contribution in [0.5, 0.6) is 0 Å². The summed E-state index contributed by atoms with van der Waals surface area (Å²) >= 11 is 0. The first-order valence-electron chi connectivity index (χ1n) is 8.90. The van der Waals surface area contributed by atoms with Gasteiger partial charge in [0, 0.05) is 38.5 Å². The lowest BCUT2D eigenvalue weighted by atomic mass is 9.91. The first kappa shape index (κ1) is 18.2. The number of hydrogen-bond donors (Lipinski definition) is 0. The summed E-state index contributed by atoms with van der Waals surface area (Å²) in [7, 11) is 0. The maximum atomic E-state index is 12.4. The van der Waals surface area contributed by atoms with Crippen molar-refractivity contribution in [1.29, 1.82) is 0 Å². The number of carbonyl (C=O) groups excluding carboxylic acids is 2. The Morgan fingerprint density at radius 1 is 1.17 bits per heavy atom. The van der Waals surface area contributed by atoms with Crippen molar-refractivity contribution in [3.05, 3.63) is 6.42 Å². The van der Waals surface area contributed by atoms with Crippen molar-refractivity contribution in [2.24, 2.45) is 5.92 Å². The van der Waals surface area contributed by atoms with Gasteiger partial charge in [0.2, 0.25) is 0 Å². The fourth-order valence-electron chi connectivity index (χ4n) is 3.21. The Balaban J connectivity index is 1.69. The third-order valence-electron chi connectivity index (χ3n) is 4.55. The van der Waals surface area contributed by atoms with Gasteiger partial charge in [0.1, 0.15) is 11.4 Å². The van der Waals surface area contributed by atoms with Crippen LogP contribution in [-0.2, 0) is 9.53 Å². The molecule has 1 radical (unpaired) electrons. The van der Waals surface area contributed by atoms with E-state index in [2.05, 4.69) is 11.3 Å². The summed E-state index contributed by atoms with van der Waals surface area (Å²) in [6.45, 7) is 9.88. The second-order valence-electron chi connectivity index (χ2n) is 7.69. The van der Waals surface area contributed by atoms with Gasteiger partial charge in [-0.1, -0.05) is 0 Å². The molecule has 5 nitrogen and oxygen atoms in total. The average molecular weight is 323 g/mol. The Labute approximate surface area is 140 Å². The lowest BCUT2D eigenvalue weighted by Gasteiger charge is -2.33. The van der Waals surface area contributed by atoms with Gasteiger partial charge in [-0.05, 0) is 59.4 Å². The molecule has 0 unspecified atom stereocenters. The van der Waals surface area contributed by atoms with Crippen LogP contribution in [0.15, 0.2) is 0 Å². The van der Waals surface area contributed by atoms with E-state index in [9.17, 15) is 9.59 Å². The zero-order chi connectivity index (χ0) is 16.9. The number of ether oxygens (including phenoxy) is 1. The molecule has 0 aliphatic carbocycles. The van der Waals surface area contributed by atoms with Crippen molar-refractivity contribution in [3.8, 4) is 0 Å². The summed E-state index contributed by atoms with van der Waals surface area (Å²) in [5, 5.41) is 0. The summed E-state index contributed by atoms with van der Waals surface area (Å²) < 4.78 is 5.39. The molecule has 0 aromatic heterocycles. The van der Waals surface area contributed by atoms with Crippen molar-refractivity contribution < 1.29 is 14.3 Å². The molecule has 0 spiro atoms. The zero-order valence-corrected chi connectivity index (χ0v) is 14.8. The number of ketones is 1. The van der Waals surface area contributed by atoms with E-state index in [1.807, 2.05) is 20.8 Å². The molecule has 5 heteroatoms. The van der Waals surface area contributed by atoms with Gasteiger partial charge in [-0.25, -0.2) is 4.79 Å². The predicted molar refractivity (Wildman–Crippen MR) is 90.1 cm³/mol. The molecule has 0 aromatic rings. The highest BCUT2D eigenvalue weighted by Crippen LogP contribution is 2.22. The fraction of sp³-hybridized carbons (Fsp3) is 0.833. The number of rotatable bonds is 4. The minimum absolute atomic E-state index is 0.113. The Kier molecular flexibility index (Phi) is 6.45. The minimum Gasteiger partial charge on any atom is -0.444 e. The van der Waals surface area contributed by atoms with Gasteiger partial charge in [-0.3, -0.25) is 4.79 Å². The van der Waals surface area contributed by atoms with Gasteiger partial charge < -0.3 is 14.5 Å². The lowest BCUT2D eigenvalue weighted by Crippen LogP contribution is -2.43. The van der Waals surface area contributed by atoms with Gasteiger partial charge in [0.15, 0.2) is 0 Å². The topological polar surface area (TPSA) is 49.9 Å². The van der Waals surface area contributed by atoms with Crippen molar-refractivity contribution in [2.75, 3.05) is 32.7 Å². The number of piperidine rings is 2. The summed E-state index contributed by atoms with van der Waals surface area (Å²) in [6, 6.07) is 0. The quantitative estimate of drug-likeness (QED) is 0.798.